The number of carboxylic acid groups (broad SMARTS) is 1. The highest BCUT2D eigenvalue weighted by Crippen LogP contribution is 2.31. The Morgan fingerprint density at radius 3 is 2.71 bits per heavy atom. The van der Waals surface area contributed by atoms with Gasteiger partial charge in [-0.05, 0) is 43.0 Å². The highest BCUT2D eigenvalue weighted by molar-refractivity contribution is 5.70. The lowest BCUT2D eigenvalue weighted by Crippen LogP contribution is -2.41. The van der Waals surface area contributed by atoms with Crippen molar-refractivity contribution in [1.82, 2.24) is 9.88 Å². The van der Waals surface area contributed by atoms with E-state index in [4.69, 9.17) is 0 Å². The zero-order valence-corrected chi connectivity index (χ0v) is 14.1. The monoisotopic (exact) mass is 324 g/mol. The Kier molecular flexibility index (Phi) is 5.26. The summed E-state index contributed by atoms with van der Waals surface area (Å²) in [5, 5.41) is 9.40. The summed E-state index contributed by atoms with van der Waals surface area (Å²) in [7, 11) is 0. The van der Waals surface area contributed by atoms with E-state index in [-0.39, 0.29) is 12.0 Å². The molecule has 2 heterocycles. The van der Waals surface area contributed by atoms with Crippen molar-refractivity contribution in [2.75, 3.05) is 13.1 Å². The Labute approximate surface area is 143 Å². The van der Waals surface area contributed by atoms with Gasteiger partial charge in [-0.15, -0.1) is 0 Å². The number of hydrogen-bond donors (Lipinski definition) is 1. The number of carbonyl (C=O) groups is 1. The maximum Gasteiger partial charge on any atom is 0.307 e. The Bertz CT molecular complexity index is 670. The summed E-state index contributed by atoms with van der Waals surface area (Å²) in [6.07, 6.45) is 4.57. The van der Waals surface area contributed by atoms with Crippen LogP contribution >= 0.6 is 0 Å². The summed E-state index contributed by atoms with van der Waals surface area (Å²) >= 11 is 0. The summed E-state index contributed by atoms with van der Waals surface area (Å²) in [6.45, 7) is 3.60. The molecular formula is C20H24N2O2. The highest BCUT2D eigenvalue weighted by atomic mass is 16.4. The largest absolute Gasteiger partial charge is 0.481 e. The normalized spacial score (nSPS) is 19.8. The summed E-state index contributed by atoms with van der Waals surface area (Å²) in [4.78, 5) is 18.4. The van der Waals surface area contributed by atoms with Crippen molar-refractivity contribution < 1.29 is 9.90 Å². The number of benzene rings is 1. The van der Waals surface area contributed by atoms with Crippen molar-refractivity contribution in [1.29, 1.82) is 0 Å². The van der Waals surface area contributed by atoms with E-state index in [2.05, 4.69) is 41.1 Å². The first-order valence-corrected chi connectivity index (χ1v) is 8.65. The van der Waals surface area contributed by atoms with Crippen LogP contribution in [0.5, 0.6) is 0 Å². The van der Waals surface area contributed by atoms with Gasteiger partial charge in [0.1, 0.15) is 0 Å². The number of aryl methyl sites for hydroxylation is 1. The Morgan fingerprint density at radius 2 is 2.08 bits per heavy atom. The van der Waals surface area contributed by atoms with Crippen LogP contribution in [0, 0.1) is 5.92 Å². The first kappa shape index (κ1) is 16.7. The van der Waals surface area contributed by atoms with E-state index in [9.17, 15) is 9.90 Å². The highest BCUT2D eigenvalue weighted by Gasteiger charge is 2.31. The van der Waals surface area contributed by atoms with Gasteiger partial charge < -0.3 is 5.11 Å². The fourth-order valence-corrected chi connectivity index (χ4v) is 3.45. The summed E-state index contributed by atoms with van der Waals surface area (Å²) < 4.78 is 0. The Hall–Kier alpha value is -2.20. The maximum atomic E-state index is 11.4. The van der Waals surface area contributed by atoms with E-state index in [1.807, 2.05) is 24.4 Å². The van der Waals surface area contributed by atoms with Gasteiger partial charge >= 0.3 is 5.97 Å². The lowest BCUT2D eigenvalue weighted by molar-refractivity contribution is -0.143. The second kappa shape index (κ2) is 7.58. The van der Waals surface area contributed by atoms with Crippen LogP contribution in [0.3, 0.4) is 0 Å². The van der Waals surface area contributed by atoms with Gasteiger partial charge in [0, 0.05) is 12.7 Å². The summed E-state index contributed by atoms with van der Waals surface area (Å²) in [6, 6.07) is 14.5. The van der Waals surface area contributed by atoms with E-state index < -0.39 is 5.97 Å². The van der Waals surface area contributed by atoms with Crippen LogP contribution in [-0.2, 0) is 11.2 Å². The number of aliphatic carboxylic acids is 1. The topological polar surface area (TPSA) is 53.4 Å². The maximum absolute atomic E-state index is 11.4. The molecule has 0 radical (unpaired) electrons. The SMILES string of the molecule is CCc1ccc(C(c2ccccc2)N2CCCC(C(=O)O)C2)nc1. The molecule has 24 heavy (non-hydrogen) atoms. The third-order valence-corrected chi connectivity index (χ3v) is 4.82. The van der Waals surface area contributed by atoms with Gasteiger partial charge in [0.2, 0.25) is 0 Å². The molecule has 1 aliphatic rings. The van der Waals surface area contributed by atoms with E-state index >= 15 is 0 Å². The third-order valence-electron chi connectivity index (χ3n) is 4.82. The van der Waals surface area contributed by atoms with Crippen molar-refractivity contribution in [2.45, 2.75) is 32.2 Å². The van der Waals surface area contributed by atoms with Crippen molar-refractivity contribution in [3.8, 4) is 0 Å². The molecule has 1 fully saturated rings. The number of likely N-dealkylation sites (tertiary alicyclic amines) is 1. The minimum atomic E-state index is -0.694. The average Bonchev–Trinajstić information content (AvgIpc) is 2.64. The molecule has 126 valence electrons. The molecule has 1 saturated heterocycles. The number of hydrogen-bond acceptors (Lipinski definition) is 3. The summed E-state index contributed by atoms with van der Waals surface area (Å²) in [5.74, 6) is -0.985. The molecule has 1 aromatic heterocycles. The zero-order chi connectivity index (χ0) is 16.9. The first-order chi connectivity index (χ1) is 11.7. The number of nitrogens with zero attached hydrogens (tertiary/aromatic N) is 2. The fourth-order valence-electron chi connectivity index (χ4n) is 3.45. The van der Waals surface area contributed by atoms with Gasteiger partial charge in [0.25, 0.3) is 0 Å². The average molecular weight is 324 g/mol. The van der Waals surface area contributed by atoms with Gasteiger partial charge in [-0.2, -0.15) is 0 Å². The molecule has 0 bridgehead atoms. The minimum absolute atomic E-state index is 0.0132. The molecule has 3 rings (SSSR count). The molecule has 0 amide bonds. The standard InChI is InChI=1S/C20H24N2O2/c1-2-15-10-11-18(21-13-15)19(16-7-4-3-5-8-16)22-12-6-9-17(14-22)20(23)24/h3-5,7-8,10-11,13,17,19H,2,6,9,12,14H2,1H3,(H,23,24). The number of pyridine rings is 1. The molecule has 2 aromatic rings. The van der Waals surface area contributed by atoms with Crippen molar-refractivity contribution >= 4 is 5.97 Å². The molecule has 4 heteroatoms. The second-order valence-electron chi connectivity index (χ2n) is 6.43. The molecule has 2 atom stereocenters. The van der Waals surface area contributed by atoms with Gasteiger partial charge in [0.05, 0.1) is 17.7 Å². The van der Waals surface area contributed by atoms with Crippen LogP contribution in [0.25, 0.3) is 0 Å². The van der Waals surface area contributed by atoms with Crippen LogP contribution in [0.1, 0.15) is 42.6 Å². The Balaban J connectivity index is 1.94. The molecule has 1 aromatic carbocycles. The molecule has 4 nitrogen and oxygen atoms in total. The van der Waals surface area contributed by atoms with Crippen LogP contribution in [0.4, 0.5) is 0 Å². The third kappa shape index (κ3) is 3.65. The van der Waals surface area contributed by atoms with E-state index in [0.717, 1.165) is 31.5 Å². The van der Waals surface area contributed by atoms with Crippen LogP contribution in [0.2, 0.25) is 0 Å². The molecule has 0 spiro atoms. The molecule has 1 N–H and O–H groups in total. The quantitative estimate of drug-likeness (QED) is 0.914. The van der Waals surface area contributed by atoms with Crippen molar-refractivity contribution in [3.63, 3.8) is 0 Å². The lowest BCUT2D eigenvalue weighted by atomic mass is 9.93. The minimum Gasteiger partial charge on any atom is -0.481 e. The van der Waals surface area contributed by atoms with Crippen molar-refractivity contribution in [3.05, 3.63) is 65.5 Å². The predicted octanol–water partition coefficient (Wildman–Crippen LogP) is 3.53. The van der Waals surface area contributed by atoms with Crippen LogP contribution in [0.15, 0.2) is 48.7 Å². The number of rotatable bonds is 5. The first-order valence-electron chi connectivity index (χ1n) is 8.65. The number of aromatic nitrogens is 1. The van der Waals surface area contributed by atoms with E-state index in [0.29, 0.717) is 6.54 Å². The predicted molar refractivity (Wildman–Crippen MR) is 93.8 cm³/mol. The number of piperidine rings is 1. The van der Waals surface area contributed by atoms with Gasteiger partial charge in [-0.25, -0.2) is 0 Å². The lowest BCUT2D eigenvalue weighted by Gasteiger charge is -2.37. The smallest absolute Gasteiger partial charge is 0.307 e. The summed E-state index contributed by atoms with van der Waals surface area (Å²) in [5.41, 5.74) is 3.37. The zero-order valence-electron chi connectivity index (χ0n) is 14.1. The van der Waals surface area contributed by atoms with E-state index in [1.54, 1.807) is 0 Å². The molecule has 0 saturated carbocycles. The second-order valence-corrected chi connectivity index (χ2v) is 6.43. The van der Waals surface area contributed by atoms with Gasteiger partial charge in [0.15, 0.2) is 0 Å². The molecule has 0 aliphatic carbocycles. The number of carboxylic acids is 1. The Morgan fingerprint density at radius 1 is 1.29 bits per heavy atom. The van der Waals surface area contributed by atoms with Crippen LogP contribution < -0.4 is 0 Å². The van der Waals surface area contributed by atoms with Gasteiger partial charge in [-0.3, -0.25) is 14.7 Å². The van der Waals surface area contributed by atoms with Gasteiger partial charge in [-0.1, -0.05) is 43.3 Å². The molecular weight excluding hydrogens is 300 g/mol. The molecule has 1 aliphatic heterocycles. The molecule has 2 unspecified atom stereocenters. The fraction of sp³-hybridized carbons (Fsp3) is 0.400. The van der Waals surface area contributed by atoms with Crippen LogP contribution in [-0.4, -0.2) is 34.0 Å². The van der Waals surface area contributed by atoms with Crippen molar-refractivity contribution in [2.24, 2.45) is 5.92 Å². The van der Waals surface area contributed by atoms with E-state index in [1.165, 1.54) is 11.1 Å².